The number of likely N-dealkylation sites (tertiary alicyclic amines) is 1. The summed E-state index contributed by atoms with van der Waals surface area (Å²) in [6.45, 7) is 0.969. The first-order chi connectivity index (χ1) is 20.8. The highest BCUT2D eigenvalue weighted by molar-refractivity contribution is 7.90. The monoisotopic (exact) mass is 598 g/mol. The molecule has 14 heteroatoms. The number of fused-ring (bicyclic) bond motifs is 1. The van der Waals surface area contributed by atoms with Crippen LogP contribution in [0.2, 0.25) is 0 Å². The van der Waals surface area contributed by atoms with Crippen molar-refractivity contribution in [3.63, 3.8) is 0 Å². The molecule has 3 aromatic heterocycles. The summed E-state index contributed by atoms with van der Waals surface area (Å²) in [5.41, 5.74) is 1.86. The minimum atomic E-state index is -3.80. The first kappa shape index (κ1) is 27.8. The number of nitrogens with one attached hydrogen (secondary N) is 2. The van der Waals surface area contributed by atoms with Crippen LogP contribution in [-0.4, -0.2) is 62.3 Å². The van der Waals surface area contributed by atoms with Gasteiger partial charge in [-0.15, -0.1) is 0 Å². The summed E-state index contributed by atoms with van der Waals surface area (Å²) in [5, 5.41) is 17.8. The maximum absolute atomic E-state index is 13.1. The summed E-state index contributed by atoms with van der Waals surface area (Å²) >= 11 is 0. The second-order valence-electron chi connectivity index (χ2n) is 10.0. The van der Waals surface area contributed by atoms with Gasteiger partial charge in [0.1, 0.15) is 12.1 Å². The number of hydrogen-bond donors (Lipinski definition) is 2. The molecule has 2 aromatic carbocycles. The molecule has 0 aliphatic carbocycles. The fourth-order valence-electron chi connectivity index (χ4n) is 5.02. The number of piperidine rings is 1. The number of hydrogen-bond acceptors (Lipinski definition) is 9. The van der Waals surface area contributed by atoms with Gasteiger partial charge in [0.2, 0.25) is 0 Å². The predicted molar refractivity (Wildman–Crippen MR) is 160 cm³/mol. The number of carbonyl (C=O) groups is 1. The summed E-state index contributed by atoms with van der Waals surface area (Å²) in [7, 11) is -3.80. The van der Waals surface area contributed by atoms with Crippen LogP contribution < -0.4 is 10.6 Å². The maximum Gasteiger partial charge on any atom is 0.321 e. The summed E-state index contributed by atoms with van der Waals surface area (Å²) in [5.74, 6) is 0.570. The molecule has 5 aromatic rings. The van der Waals surface area contributed by atoms with Crippen LogP contribution in [0.25, 0.3) is 22.3 Å². The van der Waals surface area contributed by atoms with Crippen molar-refractivity contribution in [2.75, 3.05) is 23.7 Å². The van der Waals surface area contributed by atoms with Crippen molar-refractivity contribution in [2.45, 2.75) is 23.8 Å². The molecular weight excluding hydrogens is 572 g/mol. The number of amides is 2. The van der Waals surface area contributed by atoms with Crippen molar-refractivity contribution in [2.24, 2.45) is 0 Å². The van der Waals surface area contributed by atoms with E-state index in [1.165, 1.54) is 34.7 Å². The van der Waals surface area contributed by atoms with Crippen molar-refractivity contribution in [3.05, 3.63) is 102 Å². The molecule has 0 saturated carbocycles. The molecule has 1 fully saturated rings. The van der Waals surface area contributed by atoms with Crippen LogP contribution in [0.1, 0.15) is 12.8 Å². The number of anilines is 2. The second-order valence-corrected chi connectivity index (χ2v) is 11.8. The molecule has 2 N–H and O–H groups in total. The SMILES string of the molecule is O=C(Nc1cccc([N+](=O)[O-])c1)N1CCCC(Nc2cc(-c3cnc4c(ccn4S(=O)(=O)c4ccccc4)c3)ncn2)C1. The quantitative estimate of drug-likeness (QED) is 0.199. The molecule has 1 aliphatic heterocycles. The van der Waals surface area contributed by atoms with E-state index in [9.17, 15) is 23.3 Å². The highest BCUT2D eigenvalue weighted by Gasteiger charge is 2.25. The zero-order valence-corrected chi connectivity index (χ0v) is 23.5. The van der Waals surface area contributed by atoms with Crippen molar-refractivity contribution in [3.8, 4) is 11.3 Å². The molecule has 1 atom stereocenters. The number of rotatable bonds is 7. The van der Waals surface area contributed by atoms with E-state index in [2.05, 4.69) is 25.6 Å². The van der Waals surface area contributed by atoms with Gasteiger partial charge in [-0.1, -0.05) is 24.3 Å². The molecule has 4 heterocycles. The molecule has 1 saturated heterocycles. The summed E-state index contributed by atoms with van der Waals surface area (Å²) in [6.07, 6.45) is 6.08. The van der Waals surface area contributed by atoms with E-state index in [4.69, 9.17) is 0 Å². The zero-order valence-electron chi connectivity index (χ0n) is 22.7. The van der Waals surface area contributed by atoms with Crippen LogP contribution in [0.15, 0.2) is 96.4 Å². The number of nitro benzene ring substituents is 1. The molecule has 0 radical (unpaired) electrons. The Balaban J connectivity index is 1.15. The Hall–Kier alpha value is -5.37. The van der Waals surface area contributed by atoms with Gasteiger partial charge in [0, 0.05) is 66.4 Å². The number of pyridine rings is 1. The number of benzene rings is 2. The lowest BCUT2D eigenvalue weighted by molar-refractivity contribution is -0.384. The third kappa shape index (κ3) is 5.85. The first-order valence-corrected chi connectivity index (χ1v) is 14.9. The molecule has 0 spiro atoms. The van der Waals surface area contributed by atoms with Crippen LogP contribution in [0.4, 0.5) is 22.0 Å². The third-order valence-corrected chi connectivity index (χ3v) is 8.81. The Kier molecular flexibility index (Phi) is 7.42. The van der Waals surface area contributed by atoms with Crippen molar-refractivity contribution >= 4 is 44.3 Å². The molecule has 43 heavy (non-hydrogen) atoms. The highest BCUT2D eigenvalue weighted by Crippen LogP contribution is 2.26. The Morgan fingerprint density at radius 3 is 2.65 bits per heavy atom. The van der Waals surface area contributed by atoms with Crippen LogP contribution in [-0.2, 0) is 10.0 Å². The normalized spacial score (nSPS) is 15.3. The largest absolute Gasteiger partial charge is 0.365 e. The average Bonchev–Trinajstić information content (AvgIpc) is 3.46. The highest BCUT2D eigenvalue weighted by atomic mass is 32.2. The van der Waals surface area contributed by atoms with Crippen LogP contribution in [0.3, 0.4) is 0 Å². The van der Waals surface area contributed by atoms with E-state index in [0.29, 0.717) is 46.9 Å². The van der Waals surface area contributed by atoms with Crippen LogP contribution in [0.5, 0.6) is 0 Å². The molecule has 1 unspecified atom stereocenters. The standard InChI is InChI=1S/C29H26N8O5S/c38-29(34-22-6-4-8-24(15-22)37(39)40)35-12-5-7-23(18-35)33-27-16-26(31-19-32-27)21-14-20-11-13-36(28(20)30-17-21)43(41,42)25-9-2-1-3-10-25/h1-4,6,8-11,13-17,19,23H,5,7,12,18H2,(H,34,38)(H,31,32,33). The third-order valence-electron chi connectivity index (χ3n) is 7.13. The number of non-ortho nitro benzene ring substituents is 1. The van der Waals surface area contributed by atoms with E-state index in [1.54, 1.807) is 59.6 Å². The summed E-state index contributed by atoms with van der Waals surface area (Å²) in [4.78, 5) is 38.4. The van der Waals surface area contributed by atoms with Gasteiger partial charge < -0.3 is 15.5 Å². The topological polar surface area (TPSA) is 165 Å². The molecule has 2 amide bonds. The summed E-state index contributed by atoms with van der Waals surface area (Å²) < 4.78 is 27.4. The summed E-state index contributed by atoms with van der Waals surface area (Å²) in [6, 6.07) is 18.9. The van der Waals surface area contributed by atoms with Gasteiger partial charge >= 0.3 is 6.03 Å². The van der Waals surface area contributed by atoms with E-state index < -0.39 is 14.9 Å². The lowest BCUT2D eigenvalue weighted by Gasteiger charge is -2.33. The number of nitro groups is 1. The number of urea groups is 1. The van der Waals surface area contributed by atoms with Gasteiger partial charge in [-0.2, -0.15) is 0 Å². The smallest absolute Gasteiger partial charge is 0.321 e. The van der Waals surface area contributed by atoms with Crippen molar-refractivity contribution < 1.29 is 18.1 Å². The van der Waals surface area contributed by atoms with E-state index in [0.717, 1.165) is 12.8 Å². The second kappa shape index (κ2) is 11.5. The van der Waals surface area contributed by atoms with Crippen molar-refractivity contribution in [1.82, 2.24) is 23.8 Å². The molecule has 6 rings (SSSR count). The predicted octanol–water partition coefficient (Wildman–Crippen LogP) is 4.75. The average molecular weight is 599 g/mol. The first-order valence-electron chi connectivity index (χ1n) is 13.4. The Morgan fingerprint density at radius 2 is 1.84 bits per heavy atom. The maximum atomic E-state index is 13.1. The van der Waals surface area contributed by atoms with E-state index >= 15 is 0 Å². The molecule has 1 aliphatic rings. The Morgan fingerprint density at radius 1 is 1.00 bits per heavy atom. The van der Waals surface area contributed by atoms with Gasteiger partial charge in [-0.3, -0.25) is 10.1 Å². The van der Waals surface area contributed by atoms with Crippen LogP contribution in [0, 0.1) is 10.1 Å². The zero-order chi connectivity index (χ0) is 30.0. The molecule has 218 valence electrons. The number of nitrogens with zero attached hydrogens (tertiary/aromatic N) is 6. The van der Waals surface area contributed by atoms with Crippen LogP contribution >= 0.6 is 0 Å². The van der Waals surface area contributed by atoms with Gasteiger partial charge in [-0.25, -0.2) is 32.1 Å². The van der Waals surface area contributed by atoms with Gasteiger partial charge in [-0.05, 0) is 43.2 Å². The fourth-order valence-corrected chi connectivity index (χ4v) is 6.35. The van der Waals surface area contributed by atoms with Crippen molar-refractivity contribution in [1.29, 1.82) is 0 Å². The fraction of sp³-hybridized carbons (Fsp3) is 0.172. The van der Waals surface area contributed by atoms with E-state index in [-0.39, 0.29) is 22.7 Å². The van der Waals surface area contributed by atoms with Gasteiger partial charge in [0.25, 0.3) is 15.7 Å². The lowest BCUT2D eigenvalue weighted by Crippen LogP contribution is -2.46. The lowest BCUT2D eigenvalue weighted by atomic mass is 10.1. The molecule has 0 bridgehead atoms. The minimum Gasteiger partial charge on any atom is -0.365 e. The van der Waals surface area contributed by atoms with Gasteiger partial charge in [0.15, 0.2) is 5.65 Å². The number of carbonyl (C=O) groups excluding carboxylic acids is 1. The van der Waals surface area contributed by atoms with E-state index in [1.807, 2.05) is 6.07 Å². The molecular formula is C29H26N8O5S. The number of aromatic nitrogens is 4. The Bertz CT molecular complexity index is 1930. The molecule has 13 nitrogen and oxygen atoms in total. The minimum absolute atomic E-state index is 0.0785. The van der Waals surface area contributed by atoms with Gasteiger partial charge in [0.05, 0.1) is 15.5 Å². The Labute approximate surface area is 246 Å².